The number of rotatable bonds is 5. The molecule has 7 heteroatoms. The van der Waals surface area contributed by atoms with Gasteiger partial charge in [-0.2, -0.15) is 0 Å². The number of nitrogens with zero attached hydrogens (tertiary/aromatic N) is 1. The molecule has 1 aliphatic rings. The topological polar surface area (TPSA) is 96.5 Å². The van der Waals surface area contributed by atoms with E-state index in [1.807, 2.05) is 24.3 Å². The van der Waals surface area contributed by atoms with E-state index < -0.39 is 30.9 Å². The van der Waals surface area contributed by atoms with E-state index >= 15 is 0 Å². The van der Waals surface area contributed by atoms with E-state index in [9.17, 15) is 19.2 Å². The summed E-state index contributed by atoms with van der Waals surface area (Å²) in [6, 6.07) is 14.1. The van der Waals surface area contributed by atoms with Gasteiger partial charge in [0, 0.05) is 27.7 Å². The first-order chi connectivity index (χ1) is 14.0. The van der Waals surface area contributed by atoms with Gasteiger partial charge in [-0.3, -0.25) is 24.1 Å². The lowest BCUT2D eigenvalue weighted by Gasteiger charge is -2.25. The summed E-state index contributed by atoms with van der Waals surface area (Å²) in [5, 5.41) is 0.754. The average molecular weight is 390 g/mol. The maximum Gasteiger partial charge on any atom is 0.326 e. The van der Waals surface area contributed by atoms with Crippen LogP contribution in [0, 0.1) is 6.92 Å². The second-order valence-electron chi connectivity index (χ2n) is 6.87. The van der Waals surface area contributed by atoms with Crippen LogP contribution in [-0.2, 0) is 20.7 Å². The third kappa shape index (κ3) is 3.42. The van der Waals surface area contributed by atoms with Gasteiger partial charge >= 0.3 is 5.97 Å². The number of hydrogen-bond acceptors (Lipinski definition) is 5. The van der Waals surface area contributed by atoms with Gasteiger partial charge < -0.3 is 9.72 Å². The van der Waals surface area contributed by atoms with Gasteiger partial charge in [0.15, 0.2) is 6.61 Å². The zero-order valence-electron chi connectivity index (χ0n) is 15.7. The number of fused-ring (bicyclic) bond motifs is 2. The number of ketones is 1. The van der Waals surface area contributed by atoms with Crippen molar-refractivity contribution < 1.29 is 23.9 Å². The van der Waals surface area contributed by atoms with Crippen molar-refractivity contribution in [3.05, 3.63) is 70.9 Å². The minimum atomic E-state index is -0.808. The number of aromatic nitrogens is 1. The van der Waals surface area contributed by atoms with Gasteiger partial charge in [-0.15, -0.1) is 0 Å². The fourth-order valence-corrected chi connectivity index (χ4v) is 3.59. The third-order valence-electron chi connectivity index (χ3n) is 4.96. The summed E-state index contributed by atoms with van der Waals surface area (Å²) in [6.07, 6.45) is 0.0443. The van der Waals surface area contributed by atoms with Gasteiger partial charge in [-0.05, 0) is 24.6 Å². The Morgan fingerprint density at radius 1 is 1.07 bits per heavy atom. The van der Waals surface area contributed by atoms with Crippen LogP contribution in [0.1, 0.15) is 32.0 Å². The first kappa shape index (κ1) is 18.6. The standard InChI is InChI=1S/C22H18N2O5/c1-13-21(16-8-4-5-9-17(16)23-13)18(25)12-29-20(27)11-24-19(26)10-14-6-2-3-7-15(14)22(24)28/h2-9,23H,10-12H2,1H3. The molecular formula is C22H18N2O5. The summed E-state index contributed by atoms with van der Waals surface area (Å²) in [7, 11) is 0. The number of amides is 2. The summed E-state index contributed by atoms with van der Waals surface area (Å²) in [5.74, 6) is -2.16. The molecule has 0 spiro atoms. The van der Waals surface area contributed by atoms with E-state index in [0.717, 1.165) is 15.8 Å². The van der Waals surface area contributed by atoms with Crippen LogP contribution in [0.25, 0.3) is 10.9 Å². The predicted octanol–water partition coefficient (Wildman–Crippen LogP) is 2.43. The van der Waals surface area contributed by atoms with Crippen LogP contribution in [0.4, 0.5) is 0 Å². The maximum atomic E-state index is 12.6. The number of carbonyl (C=O) groups is 4. The molecule has 1 aliphatic heterocycles. The predicted molar refractivity (Wildman–Crippen MR) is 105 cm³/mol. The van der Waals surface area contributed by atoms with Crippen LogP contribution in [0.3, 0.4) is 0 Å². The number of Topliss-reactive ketones (excluding diaryl/α,β-unsaturated/α-hetero) is 1. The highest BCUT2D eigenvalue weighted by Gasteiger charge is 2.32. The van der Waals surface area contributed by atoms with Crippen LogP contribution >= 0.6 is 0 Å². The summed E-state index contributed by atoms with van der Waals surface area (Å²) in [5.41, 5.74) is 3.00. The molecule has 0 radical (unpaired) electrons. The minimum Gasteiger partial charge on any atom is -0.456 e. The van der Waals surface area contributed by atoms with Gasteiger partial charge in [0.1, 0.15) is 6.54 Å². The molecule has 0 saturated carbocycles. The Balaban J connectivity index is 1.43. The van der Waals surface area contributed by atoms with E-state index in [0.29, 0.717) is 22.4 Å². The molecule has 2 heterocycles. The molecule has 0 atom stereocenters. The SMILES string of the molecule is Cc1[nH]c2ccccc2c1C(=O)COC(=O)CN1C(=O)Cc2ccccc2C1=O. The second-order valence-corrected chi connectivity index (χ2v) is 6.87. The van der Waals surface area contributed by atoms with Crippen LogP contribution in [-0.4, -0.2) is 46.6 Å². The zero-order valence-corrected chi connectivity index (χ0v) is 15.7. The van der Waals surface area contributed by atoms with E-state index in [-0.39, 0.29) is 12.2 Å². The van der Waals surface area contributed by atoms with Crippen molar-refractivity contribution in [1.82, 2.24) is 9.88 Å². The highest BCUT2D eigenvalue weighted by Crippen LogP contribution is 2.23. The number of aromatic amines is 1. The Morgan fingerprint density at radius 3 is 2.62 bits per heavy atom. The van der Waals surface area contributed by atoms with Gasteiger partial charge in [0.2, 0.25) is 11.7 Å². The molecule has 1 aromatic heterocycles. The molecule has 4 rings (SSSR count). The van der Waals surface area contributed by atoms with Crippen molar-refractivity contribution in [2.75, 3.05) is 13.2 Å². The Morgan fingerprint density at radius 2 is 1.79 bits per heavy atom. The van der Waals surface area contributed by atoms with E-state index in [1.54, 1.807) is 31.2 Å². The quantitative estimate of drug-likeness (QED) is 0.410. The molecule has 146 valence electrons. The van der Waals surface area contributed by atoms with Crippen molar-refractivity contribution in [3.63, 3.8) is 0 Å². The lowest BCUT2D eigenvalue weighted by Crippen LogP contribution is -2.45. The number of benzene rings is 2. The normalized spacial score (nSPS) is 13.5. The fourth-order valence-electron chi connectivity index (χ4n) is 3.59. The van der Waals surface area contributed by atoms with E-state index in [2.05, 4.69) is 4.98 Å². The Bertz CT molecular complexity index is 1160. The molecule has 1 N–H and O–H groups in total. The van der Waals surface area contributed by atoms with Gasteiger partial charge in [-0.1, -0.05) is 36.4 Å². The molecule has 0 bridgehead atoms. The number of hydrogen-bond donors (Lipinski definition) is 1. The molecule has 29 heavy (non-hydrogen) atoms. The molecule has 7 nitrogen and oxygen atoms in total. The minimum absolute atomic E-state index is 0.0443. The van der Waals surface area contributed by atoms with Crippen LogP contribution in [0.15, 0.2) is 48.5 Å². The fraction of sp³-hybridized carbons (Fsp3) is 0.182. The Labute approximate surface area is 166 Å². The highest BCUT2D eigenvalue weighted by atomic mass is 16.5. The van der Waals surface area contributed by atoms with Crippen molar-refractivity contribution in [3.8, 4) is 0 Å². The van der Waals surface area contributed by atoms with E-state index in [1.165, 1.54) is 0 Å². The van der Waals surface area contributed by atoms with E-state index in [4.69, 9.17) is 4.74 Å². The highest BCUT2D eigenvalue weighted by molar-refractivity contribution is 6.12. The number of imide groups is 1. The molecule has 0 fully saturated rings. The number of H-pyrrole nitrogens is 1. The van der Waals surface area contributed by atoms with Crippen molar-refractivity contribution in [2.24, 2.45) is 0 Å². The zero-order chi connectivity index (χ0) is 20.5. The largest absolute Gasteiger partial charge is 0.456 e. The molecule has 0 aliphatic carbocycles. The average Bonchev–Trinajstić information content (AvgIpc) is 3.05. The molecule has 2 aromatic carbocycles. The monoisotopic (exact) mass is 390 g/mol. The number of aryl methyl sites for hydroxylation is 1. The second kappa shape index (κ2) is 7.35. The van der Waals surface area contributed by atoms with Crippen LogP contribution in [0.5, 0.6) is 0 Å². The molecule has 3 aromatic rings. The Hall–Kier alpha value is -3.74. The molecule has 0 saturated heterocycles. The first-order valence-corrected chi connectivity index (χ1v) is 9.14. The number of ether oxygens (including phenoxy) is 1. The van der Waals surface area contributed by atoms with Crippen molar-refractivity contribution in [1.29, 1.82) is 0 Å². The Kier molecular flexibility index (Phi) is 4.72. The summed E-state index contributed by atoms with van der Waals surface area (Å²) in [6.45, 7) is 0.790. The van der Waals surface area contributed by atoms with Gasteiger partial charge in [-0.25, -0.2) is 0 Å². The smallest absolute Gasteiger partial charge is 0.326 e. The van der Waals surface area contributed by atoms with Crippen molar-refractivity contribution in [2.45, 2.75) is 13.3 Å². The molecule has 2 amide bonds. The number of esters is 1. The lowest BCUT2D eigenvalue weighted by atomic mass is 9.98. The summed E-state index contributed by atoms with van der Waals surface area (Å²) < 4.78 is 5.07. The van der Waals surface area contributed by atoms with Gasteiger partial charge in [0.05, 0.1) is 6.42 Å². The molecule has 0 unspecified atom stereocenters. The summed E-state index contributed by atoms with van der Waals surface area (Å²) >= 11 is 0. The maximum absolute atomic E-state index is 12.6. The molecular weight excluding hydrogens is 372 g/mol. The first-order valence-electron chi connectivity index (χ1n) is 9.14. The van der Waals surface area contributed by atoms with Crippen LogP contribution < -0.4 is 0 Å². The number of para-hydroxylation sites is 1. The van der Waals surface area contributed by atoms with Gasteiger partial charge in [0.25, 0.3) is 5.91 Å². The number of nitrogens with one attached hydrogen (secondary N) is 1. The number of carbonyl (C=O) groups excluding carboxylic acids is 4. The summed E-state index contributed by atoms with van der Waals surface area (Å²) in [4.78, 5) is 53.5. The van der Waals surface area contributed by atoms with Crippen LogP contribution in [0.2, 0.25) is 0 Å². The lowest BCUT2D eigenvalue weighted by molar-refractivity contribution is -0.146. The third-order valence-corrected chi connectivity index (χ3v) is 4.96. The van der Waals surface area contributed by atoms with Crippen molar-refractivity contribution >= 4 is 34.5 Å².